The van der Waals surface area contributed by atoms with E-state index < -0.39 is 0 Å². The Bertz CT molecular complexity index is 833. The highest BCUT2D eigenvalue weighted by atomic mass is 16.5. The van der Waals surface area contributed by atoms with Crippen LogP contribution in [0.4, 0.5) is 0 Å². The molecule has 4 heteroatoms. The summed E-state index contributed by atoms with van der Waals surface area (Å²) in [6.07, 6.45) is 7.66. The molecule has 1 aromatic heterocycles. The Kier molecular flexibility index (Phi) is 5.77. The average molecular weight is 382 g/mol. The molecule has 0 aliphatic heterocycles. The SMILES string of the molecule is COc1ccc2nc(CC3CC(C(C)C)C(CNCC4CC4)C=C3C)[nH]c2c1. The number of benzene rings is 1. The van der Waals surface area contributed by atoms with E-state index in [4.69, 9.17) is 9.72 Å². The fourth-order valence-electron chi connectivity index (χ4n) is 4.78. The van der Waals surface area contributed by atoms with E-state index in [2.05, 4.69) is 37.1 Å². The quantitative estimate of drug-likeness (QED) is 0.635. The number of hydrogen-bond donors (Lipinski definition) is 2. The molecule has 2 aromatic rings. The van der Waals surface area contributed by atoms with E-state index in [9.17, 15) is 0 Å². The fraction of sp³-hybridized carbons (Fsp3) is 0.625. The van der Waals surface area contributed by atoms with E-state index in [0.29, 0.717) is 17.8 Å². The van der Waals surface area contributed by atoms with Gasteiger partial charge in [-0.25, -0.2) is 4.98 Å². The highest BCUT2D eigenvalue weighted by Gasteiger charge is 2.32. The Morgan fingerprint density at radius 3 is 2.79 bits per heavy atom. The number of H-pyrrole nitrogens is 1. The molecule has 3 unspecified atom stereocenters. The Balaban J connectivity index is 1.46. The van der Waals surface area contributed by atoms with Crippen LogP contribution in [0, 0.1) is 29.6 Å². The smallest absolute Gasteiger partial charge is 0.121 e. The van der Waals surface area contributed by atoms with Crippen LogP contribution in [-0.2, 0) is 6.42 Å². The summed E-state index contributed by atoms with van der Waals surface area (Å²) >= 11 is 0. The standard InChI is InChI=1S/C24H35N3O/c1-15(2)21-10-18(16(3)9-19(21)14-25-13-17-5-6-17)11-24-26-22-8-7-20(28-4)12-23(22)27-24/h7-9,12,15,17-19,21,25H,5-6,10-11,13-14H2,1-4H3,(H,26,27). The van der Waals surface area contributed by atoms with Crippen LogP contribution in [0.3, 0.4) is 0 Å². The highest BCUT2D eigenvalue weighted by molar-refractivity contribution is 5.76. The van der Waals surface area contributed by atoms with Gasteiger partial charge in [0.25, 0.3) is 0 Å². The van der Waals surface area contributed by atoms with Crippen molar-refractivity contribution < 1.29 is 4.74 Å². The van der Waals surface area contributed by atoms with Gasteiger partial charge in [0.15, 0.2) is 0 Å². The molecule has 0 amide bonds. The number of hydrogen-bond acceptors (Lipinski definition) is 3. The van der Waals surface area contributed by atoms with Crippen molar-refractivity contribution in [3.63, 3.8) is 0 Å². The monoisotopic (exact) mass is 381 g/mol. The van der Waals surface area contributed by atoms with Crippen LogP contribution in [0.15, 0.2) is 29.8 Å². The van der Waals surface area contributed by atoms with Crippen molar-refractivity contribution in [2.24, 2.45) is 29.6 Å². The molecule has 152 valence electrons. The zero-order valence-electron chi connectivity index (χ0n) is 17.8. The van der Waals surface area contributed by atoms with Gasteiger partial charge in [0, 0.05) is 19.0 Å². The predicted molar refractivity (Wildman–Crippen MR) is 116 cm³/mol. The lowest BCUT2D eigenvalue weighted by molar-refractivity contribution is 0.221. The number of methoxy groups -OCH3 is 1. The summed E-state index contributed by atoms with van der Waals surface area (Å²) in [7, 11) is 1.70. The number of imidazole rings is 1. The molecule has 1 fully saturated rings. The maximum atomic E-state index is 5.34. The molecule has 4 rings (SSSR count). The molecular weight excluding hydrogens is 346 g/mol. The zero-order chi connectivity index (χ0) is 19.7. The number of fused-ring (bicyclic) bond motifs is 1. The van der Waals surface area contributed by atoms with Crippen molar-refractivity contribution >= 4 is 11.0 Å². The van der Waals surface area contributed by atoms with E-state index in [1.165, 1.54) is 31.4 Å². The fourth-order valence-corrected chi connectivity index (χ4v) is 4.78. The van der Waals surface area contributed by atoms with Crippen LogP contribution in [0.25, 0.3) is 11.0 Å². The minimum Gasteiger partial charge on any atom is -0.497 e. The molecular formula is C24H35N3O. The van der Waals surface area contributed by atoms with Crippen molar-refractivity contribution in [3.8, 4) is 5.75 Å². The molecule has 0 radical (unpaired) electrons. The molecule has 0 saturated heterocycles. The van der Waals surface area contributed by atoms with E-state index in [1.807, 2.05) is 18.2 Å². The van der Waals surface area contributed by atoms with Gasteiger partial charge >= 0.3 is 0 Å². The van der Waals surface area contributed by atoms with Crippen LogP contribution >= 0.6 is 0 Å². The van der Waals surface area contributed by atoms with Crippen LogP contribution in [0.2, 0.25) is 0 Å². The second-order valence-electron chi connectivity index (χ2n) is 9.29. The summed E-state index contributed by atoms with van der Waals surface area (Å²) in [5.41, 5.74) is 3.62. The topological polar surface area (TPSA) is 49.9 Å². The maximum Gasteiger partial charge on any atom is 0.121 e. The second kappa shape index (κ2) is 8.28. The number of aromatic nitrogens is 2. The predicted octanol–water partition coefficient (Wildman–Crippen LogP) is 4.97. The van der Waals surface area contributed by atoms with Crippen LogP contribution in [0.5, 0.6) is 5.75 Å². The molecule has 3 atom stereocenters. The molecule has 0 spiro atoms. The normalized spacial score (nSPS) is 25.3. The van der Waals surface area contributed by atoms with Gasteiger partial charge in [-0.1, -0.05) is 25.5 Å². The lowest BCUT2D eigenvalue weighted by Gasteiger charge is -2.37. The lowest BCUT2D eigenvalue weighted by atomic mass is 9.70. The zero-order valence-corrected chi connectivity index (χ0v) is 17.8. The number of nitrogens with zero attached hydrogens (tertiary/aromatic N) is 1. The lowest BCUT2D eigenvalue weighted by Crippen LogP contribution is -2.35. The van der Waals surface area contributed by atoms with E-state index in [1.54, 1.807) is 7.11 Å². The Morgan fingerprint density at radius 2 is 2.07 bits per heavy atom. The first-order chi connectivity index (χ1) is 13.5. The number of rotatable bonds is 8. The van der Waals surface area contributed by atoms with Crippen molar-refractivity contribution in [2.45, 2.75) is 46.5 Å². The van der Waals surface area contributed by atoms with Crippen LogP contribution in [0.1, 0.15) is 45.9 Å². The molecule has 1 aromatic carbocycles. The average Bonchev–Trinajstić information content (AvgIpc) is 3.40. The summed E-state index contributed by atoms with van der Waals surface area (Å²) in [5.74, 6) is 5.60. The van der Waals surface area contributed by atoms with Gasteiger partial charge < -0.3 is 15.0 Å². The van der Waals surface area contributed by atoms with Gasteiger partial charge in [-0.15, -0.1) is 0 Å². The van der Waals surface area contributed by atoms with Gasteiger partial charge in [-0.3, -0.25) is 0 Å². The highest BCUT2D eigenvalue weighted by Crippen LogP contribution is 2.39. The second-order valence-corrected chi connectivity index (χ2v) is 9.29. The summed E-state index contributed by atoms with van der Waals surface area (Å²) in [4.78, 5) is 8.35. The number of ether oxygens (including phenoxy) is 1. The van der Waals surface area contributed by atoms with E-state index >= 15 is 0 Å². The molecule has 1 heterocycles. The molecule has 28 heavy (non-hydrogen) atoms. The maximum absolute atomic E-state index is 5.34. The summed E-state index contributed by atoms with van der Waals surface area (Å²) < 4.78 is 5.34. The van der Waals surface area contributed by atoms with E-state index in [0.717, 1.165) is 47.4 Å². The molecule has 4 nitrogen and oxygen atoms in total. The van der Waals surface area contributed by atoms with Crippen molar-refractivity contribution in [1.82, 2.24) is 15.3 Å². The van der Waals surface area contributed by atoms with Crippen molar-refractivity contribution in [3.05, 3.63) is 35.7 Å². The Morgan fingerprint density at radius 1 is 1.25 bits per heavy atom. The summed E-state index contributed by atoms with van der Waals surface area (Å²) in [6.45, 7) is 9.43. The molecule has 2 N–H and O–H groups in total. The molecule has 0 bridgehead atoms. The third-order valence-corrected chi connectivity index (χ3v) is 6.77. The van der Waals surface area contributed by atoms with Crippen LogP contribution < -0.4 is 10.1 Å². The number of aromatic amines is 1. The van der Waals surface area contributed by atoms with Gasteiger partial charge in [0.05, 0.1) is 18.1 Å². The van der Waals surface area contributed by atoms with Crippen molar-refractivity contribution in [1.29, 1.82) is 0 Å². The minimum atomic E-state index is 0.578. The van der Waals surface area contributed by atoms with Gasteiger partial charge in [-0.2, -0.15) is 0 Å². The summed E-state index contributed by atoms with van der Waals surface area (Å²) in [5, 5.41) is 3.74. The Hall–Kier alpha value is -1.81. The molecule has 2 aliphatic rings. The van der Waals surface area contributed by atoms with Gasteiger partial charge in [-0.05, 0) is 74.5 Å². The van der Waals surface area contributed by atoms with Crippen LogP contribution in [-0.4, -0.2) is 30.2 Å². The Labute approximate surface area is 169 Å². The van der Waals surface area contributed by atoms with Crippen molar-refractivity contribution in [2.75, 3.05) is 20.2 Å². The first-order valence-corrected chi connectivity index (χ1v) is 10.9. The first kappa shape index (κ1) is 19.5. The summed E-state index contributed by atoms with van der Waals surface area (Å²) in [6, 6.07) is 6.05. The first-order valence-electron chi connectivity index (χ1n) is 10.9. The number of allylic oxidation sites excluding steroid dienone is 1. The molecule has 1 saturated carbocycles. The minimum absolute atomic E-state index is 0.578. The molecule has 2 aliphatic carbocycles. The van der Waals surface area contributed by atoms with Gasteiger partial charge in [0.2, 0.25) is 0 Å². The van der Waals surface area contributed by atoms with Gasteiger partial charge in [0.1, 0.15) is 11.6 Å². The third-order valence-electron chi connectivity index (χ3n) is 6.77. The largest absolute Gasteiger partial charge is 0.497 e. The van der Waals surface area contributed by atoms with E-state index in [-0.39, 0.29) is 0 Å². The third kappa shape index (κ3) is 4.43. The number of nitrogens with one attached hydrogen (secondary N) is 2.